The Balaban J connectivity index is 0.000000360. The zero-order chi connectivity index (χ0) is 4.41. The van der Waals surface area contributed by atoms with Crippen LogP contribution in [0.2, 0.25) is 0 Å². The molecule has 0 heterocycles. The van der Waals surface area contributed by atoms with Gasteiger partial charge >= 0.3 is 52.6 Å². The van der Waals surface area contributed by atoms with Crippen LogP contribution in [0.4, 0.5) is 0 Å². The van der Waals surface area contributed by atoms with Gasteiger partial charge in [-0.25, -0.2) is 0 Å². The first kappa shape index (κ1) is 4.52. The molecule has 31 valence electrons. The van der Waals surface area contributed by atoms with Crippen LogP contribution in [-0.4, -0.2) is 0 Å². The summed E-state index contributed by atoms with van der Waals surface area (Å²) in [5, 5.41) is 0. The second-order valence-electron chi connectivity index (χ2n) is 1.32. The first-order valence-electron chi connectivity index (χ1n) is 1.97. The van der Waals surface area contributed by atoms with Crippen LogP contribution in [0.25, 0.3) is 0 Å². The molecule has 0 spiro atoms. The summed E-state index contributed by atoms with van der Waals surface area (Å²) in [6.07, 6.45) is 7.69. The molecule has 0 aliphatic heterocycles. The van der Waals surface area contributed by atoms with E-state index in [9.17, 15) is 0 Å². The Hall–Kier alpha value is 0.363. The van der Waals surface area contributed by atoms with Gasteiger partial charge in [-0.3, -0.25) is 0 Å². The first-order valence-corrected chi connectivity index (χ1v) is 3.20. The van der Waals surface area contributed by atoms with Gasteiger partial charge in [0.2, 0.25) is 0 Å². The summed E-state index contributed by atoms with van der Waals surface area (Å²) in [7, 11) is 0. The molecule has 0 atom stereocenters. The number of rotatable bonds is 0. The van der Waals surface area contributed by atoms with Gasteiger partial charge < -0.3 is 1.43 Å². The molecular formula is C5H6Zr-. The van der Waals surface area contributed by atoms with Crippen molar-refractivity contribution >= 4 is 0 Å². The third kappa shape index (κ3) is 0.910. The van der Waals surface area contributed by atoms with Crippen LogP contribution in [0, 0.1) is 0 Å². The predicted molar refractivity (Wildman–Crippen MR) is 23.0 cm³/mol. The minimum absolute atomic E-state index is 0. The van der Waals surface area contributed by atoms with Gasteiger partial charge in [0, 0.05) is 0 Å². The molecule has 1 rings (SSSR count). The quantitative estimate of drug-likeness (QED) is 0.500. The van der Waals surface area contributed by atoms with E-state index in [2.05, 4.69) is 18.2 Å². The normalized spacial score (nSPS) is 18.2. The zero-order valence-electron chi connectivity index (χ0n) is 4.44. The van der Waals surface area contributed by atoms with Crippen LogP contribution in [0.3, 0.4) is 0 Å². The third-order valence-corrected chi connectivity index (χ3v) is 1.68. The van der Waals surface area contributed by atoms with Crippen LogP contribution in [0.5, 0.6) is 0 Å². The van der Waals surface area contributed by atoms with Gasteiger partial charge in [0.05, 0.1) is 0 Å². The molecular weight excluding hydrogens is 151 g/mol. The Bertz CT molecular complexity index is 105. The van der Waals surface area contributed by atoms with Crippen molar-refractivity contribution in [2.45, 2.75) is 6.42 Å². The molecule has 0 aromatic heterocycles. The summed E-state index contributed by atoms with van der Waals surface area (Å²) in [6, 6.07) is 0. The zero-order valence-corrected chi connectivity index (χ0v) is 5.90. The molecule has 0 unspecified atom stereocenters. The maximum absolute atomic E-state index is 2.18. The topological polar surface area (TPSA) is 0 Å². The van der Waals surface area contributed by atoms with Gasteiger partial charge in [-0.1, -0.05) is 0 Å². The van der Waals surface area contributed by atoms with Crippen LogP contribution in [0.15, 0.2) is 21.5 Å². The molecule has 0 amide bonds. The minimum atomic E-state index is 0. The fraction of sp³-hybridized carbons (Fsp3) is 0.200. The van der Waals surface area contributed by atoms with Crippen LogP contribution >= 0.6 is 0 Å². The first-order chi connectivity index (χ1) is 2.89. The summed E-state index contributed by atoms with van der Waals surface area (Å²) in [4.78, 5) is 0. The second kappa shape index (κ2) is 1.88. The van der Waals surface area contributed by atoms with Crippen molar-refractivity contribution in [3.05, 3.63) is 21.5 Å². The van der Waals surface area contributed by atoms with E-state index in [1.165, 1.54) is 6.42 Å². The van der Waals surface area contributed by atoms with Gasteiger partial charge in [-0.15, -0.1) is 0 Å². The third-order valence-electron chi connectivity index (χ3n) is 0.771. The standard InChI is InChI=1S/C5H5.Zr.H/c1-2-4-5-3-1;;/h1-3H,4H2;;/q;;-1. The van der Waals surface area contributed by atoms with E-state index in [1.807, 2.05) is 0 Å². The Morgan fingerprint density at radius 1 is 1.83 bits per heavy atom. The molecule has 0 N–H and O–H groups in total. The van der Waals surface area contributed by atoms with Gasteiger partial charge in [0.25, 0.3) is 0 Å². The summed E-state index contributed by atoms with van der Waals surface area (Å²) >= 11 is 1.56. The van der Waals surface area contributed by atoms with E-state index in [0.29, 0.717) is 0 Å². The summed E-state index contributed by atoms with van der Waals surface area (Å²) in [5.41, 5.74) is 0. The Morgan fingerprint density at radius 2 is 2.67 bits per heavy atom. The van der Waals surface area contributed by atoms with E-state index in [1.54, 1.807) is 28.0 Å². The van der Waals surface area contributed by atoms with E-state index < -0.39 is 0 Å². The summed E-state index contributed by atoms with van der Waals surface area (Å²) in [5.74, 6) is 0. The molecule has 6 heavy (non-hydrogen) atoms. The Morgan fingerprint density at radius 3 is 2.83 bits per heavy atom. The number of hydrogen-bond donors (Lipinski definition) is 0. The molecule has 0 fully saturated rings. The molecule has 1 aliphatic rings. The predicted octanol–water partition coefficient (Wildman–Crippen LogP) is 1.49. The van der Waals surface area contributed by atoms with Crippen LogP contribution in [-0.2, 0) is 24.7 Å². The molecule has 0 nitrogen and oxygen atoms in total. The van der Waals surface area contributed by atoms with Crippen molar-refractivity contribution in [2.24, 2.45) is 0 Å². The van der Waals surface area contributed by atoms with Crippen molar-refractivity contribution in [3.63, 3.8) is 0 Å². The molecule has 0 aromatic carbocycles. The summed E-state index contributed by atoms with van der Waals surface area (Å²) in [6.45, 7) is 0. The van der Waals surface area contributed by atoms with Crippen LogP contribution in [0.1, 0.15) is 7.85 Å². The van der Waals surface area contributed by atoms with E-state index in [-0.39, 0.29) is 1.43 Å². The number of allylic oxidation sites excluding steroid dienone is 4. The molecule has 1 aliphatic carbocycles. The van der Waals surface area contributed by atoms with Crippen LogP contribution < -0.4 is 0 Å². The SMILES string of the molecule is [H-].[Zr][C]1=CC=CC1. The van der Waals surface area contributed by atoms with E-state index >= 15 is 0 Å². The summed E-state index contributed by atoms with van der Waals surface area (Å²) < 4.78 is 1.56. The average molecular weight is 157 g/mol. The second-order valence-corrected chi connectivity index (χ2v) is 2.90. The fourth-order valence-electron chi connectivity index (χ4n) is 0.447. The van der Waals surface area contributed by atoms with Crippen molar-refractivity contribution in [1.82, 2.24) is 0 Å². The van der Waals surface area contributed by atoms with Crippen molar-refractivity contribution in [1.29, 1.82) is 0 Å². The monoisotopic (exact) mass is 156 g/mol. The molecule has 0 aromatic rings. The molecule has 0 saturated heterocycles. The van der Waals surface area contributed by atoms with Crippen molar-refractivity contribution in [2.75, 3.05) is 0 Å². The molecule has 0 bridgehead atoms. The van der Waals surface area contributed by atoms with Crippen molar-refractivity contribution in [3.8, 4) is 0 Å². The van der Waals surface area contributed by atoms with E-state index in [0.717, 1.165) is 0 Å². The van der Waals surface area contributed by atoms with Crippen molar-refractivity contribution < 1.29 is 26.1 Å². The van der Waals surface area contributed by atoms with Gasteiger partial charge in [0.1, 0.15) is 0 Å². The Kier molecular flexibility index (Phi) is 1.42. The van der Waals surface area contributed by atoms with Gasteiger partial charge in [-0.05, 0) is 0 Å². The Labute approximate surface area is 54.3 Å². The fourth-order valence-corrected chi connectivity index (χ4v) is 0.973. The van der Waals surface area contributed by atoms with Gasteiger partial charge in [0.15, 0.2) is 0 Å². The average Bonchev–Trinajstić information content (AvgIpc) is 1.86. The van der Waals surface area contributed by atoms with E-state index in [4.69, 9.17) is 0 Å². The number of hydrogen-bond acceptors (Lipinski definition) is 0. The molecule has 1 heteroatoms. The maximum atomic E-state index is 2.18. The van der Waals surface area contributed by atoms with Gasteiger partial charge in [-0.2, -0.15) is 0 Å². The molecule has 0 saturated carbocycles. The molecule has 0 radical (unpaired) electrons.